The van der Waals surface area contributed by atoms with Crippen LogP contribution in [0.3, 0.4) is 0 Å². The Labute approximate surface area is 131 Å². The van der Waals surface area contributed by atoms with Crippen LogP contribution < -0.4 is 4.74 Å². The molecule has 1 aromatic rings. The number of rotatable bonds is 10. The third-order valence-electron chi connectivity index (χ3n) is 3.45. The fourth-order valence-corrected chi connectivity index (χ4v) is 2.07. The Hall–Kier alpha value is -2.04. The molecule has 0 saturated heterocycles. The number of ether oxygens (including phenoxy) is 1. The Morgan fingerprint density at radius 1 is 1.14 bits per heavy atom. The van der Waals surface area contributed by atoms with Gasteiger partial charge in [-0.1, -0.05) is 18.2 Å². The van der Waals surface area contributed by atoms with E-state index >= 15 is 0 Å². The van der Waals surface area contributed by atoms with Gasteiger partial charge in [0.1, 0.15) is 5.75 Å². The standard InChI is InChI=1S/C17H25NO4/c1-14-8-3-4-9-15(14)22-13-7-12-18(2)16(19)10-5-6-11-17(20)21/h3-4,8-9H,5-7,10-13H2,1-2H3,(H,20,21). The Morgan fingerprint density at radius 3 is 2.50 bits per heavy atom. The normalized spacial score (nSPS) is 10.3. The molecule has 0 spiro atoms. The van der Waals surface area contributed by atoms with E-state index in [4.69, 9.17) is 9.84 Å². The van der Waals surface area contributed by atoms with E-state index in [2.05, 4.69) is 0 Å². The van der Waals surface area contributed by atoms with Gasteiger partial charge < -0.3 is 14.7 Å². The van der Waals surface area contributed by atoms with Crippen molar-refractivity contribution < 1.29 is 19.4 Å². The van der Waals surface area contributed by atoms with Gasteiger partial charge in [0, 0.05) is 26.4 Å². The summed E-state index contributed by atoms with van der Waals surface area (Å²) in [4.78, 5) is 23.9. The van der Waals surface area contributed by atoms with Crippen molar-refractivity contribution in [1.82, 2.24) is 4.90 Å². The van der Waals surface area contributed by atoms with Crippen molar-refractivity contribution in [2.24, 2.45) is 0 Å². The first kappa shape index (κ1) is 18.0. The van der Waals surface area contributed by atoms with Gasteiger partial charge in [-0.05, 0) is 37.8 Å². The summed E-state index contributed by atoms with van der Waals surface area (Å²) in [5, 5.41) is 8.54. The number of carboxylic acids is 1. The minimum Gasteiger partial charge on any atom is -0.493 e. The number of carboxylic acid groups (broad SMARTS) is 1. The zero-order chi connectivity index (χ0) is 16.4. The molecule has 1 rings (SSSR count). The largest absolute Gasteiger partial charge is 0.493 e. The third-order valence-corrected chi connectivity index (χ3v) is 3.45. The van der Waals surface area contributed by atoms with Gasteiger partial charge in [-0.2, -0.15) is 0 Å². The first-order valence-corrected chi connectivity index (χ1v) is 7.65. The van der Waals surface area contributed by atoms with E-state index in [1.807, 2.05) is 31.2 Å². The Balaban J connectivity index is 2.14. The number of carbonyl (C=O) groups is 2. The van der Waals surface area contributed by atoms with E-state index in [9.17, 15) is 9.59 Å². The molecule has 0 saturated carbocycles. The van der Waals surface area contributed by atoms with Gasteiger partial charge >= 0.3 is 5.97 Å². The summed E-state index contributed by atoms with van der Waals surface area (Å²) < 4.78 is 5.69. The molecule has 1 N–H and O–H groups in total. The predicted molar refractivity (Wildman–Crippen MR) is 85.0 cm³/mol. The van der Waals surface area contributed by atoms with Crippen molar-refractivity contribution in [3.63, 3.8) is 0 Å². The van der Waals surface area contributed by atoms with Crippen molar-refractivity contribution in [3.8, 4) is 5.75 Å². The fraction of sp³-hybridized carbons (Fsp3) is 0.529. The zero-order valence-electron chi connectivity index (χ0n) is 13.4. The zero-order valence-corrected chi connectivity index (χ0v) is 13.4. The summed E-state index contributed by atoms with van der Waals surface area (Å²) in [6, 6.07) is 7.85. The van der Waals surface area contributed by atoms with Crippen molar-refractivity contribution in [2.75, 3.05) is 20.2 Å². The van der Waals surface area contributed by atoms with E-state index in [0.29, 0.717) is 32.4 Å². The molecular formula is C17H25NO4. The number of amides is 1. The number of para-hydroxylation sites is 1. The summed E-state index contributed by atoms with van der Waals surface area (Å²) in [7, 11) is 1.77. The summed E-state index contributed by atoms with van der Waals surface area (Å²) in [6.45, 7) is 3.22. The van der Waals surface area contributed by atoms with Crippen LogP contribution in [0.15, 0.2) is 24.3 Å². The van der Waals surface area contributed by atoms with Crippen LogP contribution in [0.4, 0.5) is 0 Å². The Bertz CT molecular complexity index is 487. The van der Waals surface area contributed by atoms with Gasteiger partial charge in [0.2, 0.25) is 5.91 Å². The molecule has 122 valence electrons. The van der Waals surface area contributed by atoms with E-state index < -0.39 is 5.97 Å². The number of unbranched alkanes of at least 4 members (excludes halogenated alkanes) is 1. The molecular weight excluding hydrogens is 282 g/mol. The second-order valence-corrected chi connectivity index (χ2v) is 5.38. The number of hydrogen-bond acceptors (Lipinski definition) is 3. The molecule has 0 heterocycles. The minimum atomic E-state index is -0.811. The lowest BCUT2D eigenvalue weighted by Gasteiger charge is -2.17. The predicted octanol–water partition coefficient (Wildman–Crippen LogP) is 2.87. The van der Waals surface area contributed by atoms with E-state index in [-0.39, 0.29) is 12.3 Å². The lowest BCUT2D eigenvalue weighted by molar-refractivity contribution is -0.137. The van der Waals surface area contributed by atoms with Gasteiger partial charge in [0.25, 0.3) is 0 Å². The quantitative estimate of drug-likeness (QED) is 0.675. The molecule has 0 radical (unpaired) electrons. The summed E-state index contributed by atoms with van der Waals surface area (Å²) in [5.74, 6) is 0.126. The van der Waals surface area contributed by atoms with Crippen LogP contribution in [0.5, 0.6) is 5.75 Å². The van der Waals surface area contributed by atoms with Crippen LogP contribution in [0, 0.1) is 6.92 Å². The van der Waals surface area contributed by atoms with Crippen LogP contribution in [0.2, 0.25) is 0 Å². The van der Waals surface area contributed by atoms with Crippen LogP contribution >= 0.6 is 0 Å². The maximum absolute atomic E-state index is 11.8. The Morgan fingerprint density at radius 2 is 1.82 bits per heavy atom. The smallest absolute Gasteiger partial charge is 0.303 e. The number of benzene rings is 1. The summed E-state index contributed by atoms with van der Waals surface area (Å²) >= 11 is 0. The first-order valence-electron chi connectivity index (χ1n) is 7.65. The highest BCUT2D eigenvalue weighted by atomic mass is 16.5. The average Bonchev–Trinajstić information content (AvgIpc) is 2.49. The molecule has 0 aliphatic heterocycles. The molecule has 22 heavy (non-hydrogen) atoms. The molecule has 0 aromatic heterocycles. The van der Waals surface area contributed by atoms with Gasteiger partial charge in [0.05, 0.1) is 6.61 Å². The molecule has 0 aliphatic carbocycles. The number of hydrogen-bond donors (Lipinski definition) is 1. The maximum atomic E-state index is 11.8. The lowest BCUT2D eigenvalue weighted by Crippen LogP contribution is -2.28. The highest BCUT2D eigenvalue weighted by Gasteiger charge is 2.08. The van der Waals surface area contributed by atoms with Gasteiger partial charge in [-0.3, -0.25) is 9.59 Å². The average molecular weight is 307 g/mol. The van der Waals surface area contributed by atoms with Crippen molar-refractivity contribution in [2.45, 2.75) is 39.0 Å². The third kappa shape index (κ3) is 7.11. The number of nitrogens with zero attached hydrogens (tertiary/aromatic N) is 1. The second-order valence-electron chi connectivity index (χ2n) is 5.38. The van der Waals surface area contributed by atoms with Crippen LogP contribution in [-0.2, 0) is 9.59 Å². The van der Waals surface area contributed by atoms with Crippen LogP contribution in [0.25, 0.3) is 0 Å². The van der Waals surface area contributed by atoms with Crippen molar-refractivity contribution in [1.29, 1.82) is 0 Å². The number of aliphatic carboxylic acids is 1. The van der Waals surface area contributed by atoms with Gasteiger partial charge in [0.15, 0.2) is 0 Å². The highest BCUT2D eigenvalue weighted by Crippen LogP contribution is 2.16. The molecule has 1 aromatic carbocycles. The van der Waals surface area contributed by atoms with Gasteiger partial charge in [-0.15, -0.1) is 0 Å². The second kappa shape index (κ2) is 9.82. The first-order chi connectivity index (χ1) is 10.5. The van der Waals surface area contributed by atoms with Crippen molar-refractivity contribution in [3.05, 3.63) is 29.8 Å². The SMILES string of the molecule is Cc1ccccc1OCCCN(C)C(=O)CCCCC(=O)O. The molecule has 0 atom stereocenters. The van der Waals surface area contributed by atoms with E-state index in [0.717, 1.165) is 17.7 Å². The number of carbonyl (C=O) groups excluding carboxylic acids is 1. The maximum Gasteiger partial charge on any atom is 0.303 e. The topological polar surface area (TPSA) is 66.8 Å². The number of aryl methyl sites for hydroxylation is 1. The van der Waals surface area contributed by atoms with Crippen LogP contribution in [0.1, 0.15) is 37.7 Å². The van der Waals surface area contributed by atoms with Crippen LogP contribution in [-0.4, -0.2) is 42.1 Å². The fourth-order valence-electron chi connectivity index (χ4n) is 2.07. The molecule has 0 fully saturated rings. The highest BCUT2D eigenvalue weighted by molar-refractivity contribution is 5.75. The van der Waals surface area contributed by atoms with E-state index in [1.54, 1.807) is 11.9 Å². The molecule has 5 nitrogen and oxygen atoms in total. The Kier molecular flexibility index (Phi) is 8.04. The van der Waals surface area contributed by atoms with Crippen molar-refractivity contribution >= 4 is 11.9 Å². The lowest BCUT2D eigenvalue weighted by atomic mass is 10.2. The van der Waals surface area contributed by atoms with Gasteiger partial charge in [-0.25, -0.2) is 0 Å². The summed E-state index contributed by atoms with van der Waals surface area (Å²) in [6.07, 6.45) is 2.47. The molecule has 5 heteroatoms. The minimum absolute atomic E-state index is 0.0567. The summed E-state index contributed by atoms with van der Waals surface area (Å²) in [5.41, 5.74) is 1.10. The molecule has 0 aliphatic rings. The molecule has 0 bridgehead atoms. The molecule has 0 unspecified atom stereocenters. The molecule has 1 amide bonds. The monoisotopic (exact) mass is 307 g/mol. The van der Waals surface area contributed by atoms with E-state index in [1.165, 1.54) is 0 Å².